The molecule has 0 saturated carbocycles. The van der Waals surface area contributed by atoms with Crippen LogP contribution in [0.2, 0.25) is 0 Å². The lowest BCUT2D eigenvalue weighted by Crippen LogP contribution is -2.22. The van der Waals surface area contributed by atoms with Crippen molar-refractivity contribution in [1.29, 1.82) is 0 Å². The van der Waals surface area contributed by atoms with E-state index >= 15 is 0 Å². The van der Waals surface area contributed by atoms with Crippen molar-refractivity contribution in [2.75, 3.05) is 6.61 Å². The molecule has 0 bridgehead atoms. The van der Waals surface area contributed by atoms with Gasteiger partial charge in [0.1, 0.15) is 12.3 Å². The van der Waals surface area contributed by atoms with E-state index in [1.807, 2.05) is 6.92 Å². The molecule has 0 unspecified atom stereocenters. The van der Waals surface area contributed by atoms with E-state index in [0.717, 1.165) is 12.8 Å². The molecule has 2 atom stereocenters. The van der Waals surface area contributed by atoms with Gasteiger partial charge in [-0.2, -0.15) is 0 Å². The fourth-order valence-corrected chi connectivity index (χ4v) is 0.916. The molecule has 0 aliphatic heterocycles. The Morgan fingerprint density at radius 3 is 2.58 bits per heavy atom. The first-order valence-corrected chi connectivity index (χ1v) is 4.64. The van der Waals surface area contributed by atoms with Gasteiger partial charge >= 0.3 is 0 Å². The quantitative estimate of drug-likeness (QED) is 0.425. The third kappa shape index (κ3) is 4.50. The van der Waals surface area contributed by atoms with Gasteiger partial charge in [-0.1, -0.05) is 26.3 Å². The predicted octanol–water partition coefficient (Wildman–Crippen LogP) is 3.11. The maximum Gasteiger partial charge on any atom is 0.129 e. The van der Waals surface area contributed by atoms with Crippen molar-refractivity contribution < 1.29 is 9.13 Å². The second-order valence-electron chi connectivity index (χ2n) is 2.85. The average molecular weight is 174 g/mol. The second-order valence-corrected chi connectivity index (χ2v) is 2.85. The number of halogens is 1. The highest BCUT2D eigenvalue weighted by Crippen LogP contribution is 2.09. The number of rotatable bonds is 7. The van der Waals surface area contributed by atoms with E-state index in [1.165, 1.54) is 0 Å². The van der Waals surface area contributed by atoms with E-state index < -0.39 is 12.3 Å². The second kappa shape index (κ2) is 7.29. The Morgan fingerprint density at radius 1 is 1.50 bits per heavy atom. The number of ether oxygens (including phenoxy) is 1. The van der Waals surface area contributed by atoms with E-state index in [9.17, 15) is 4.39 Å². The van der Waals surface area contributed by atoms with Gasteiger partial charge in [-0.15, -0.1) is 6.58 Å². The Morgan fingerprint density at radius 2 is 2.17 bits per heavy atom. The maximum absolute atomic E-state index is 13.0. The van der Waals surface area contributed by atoms with Gasteiger partial charge in [0.2, 0.25) is 0 Å². The van der Waals surface area contributed by atoms with Crippen LogP contribution in [-0.4, -0.2) is 18.9 Å². The van der Waals surface area contributed by atoms with Crippen molar-refractivity contribution in [2.45, 2.75) is 45.4 Å². The van der Waals surface area contributed by atoms with Crippen LogP contribution in [0, 0.1) is 0 Å². The number of hydrogen-bond donors (Lipinski definition) is 0. The summed E-state index contributed by atoms with van der Waals surface area (Å²) in [5.41, 5.74) is 0. The molecule has 72 valence electrons. The number of alkyl halides is 1. The lowest BCUT2D eigenvalue weighted by Gasteiger charge is -2.16. The first-order chi connectivity index (χ1) is 5.76. The van der Waals surface area contributed by atoms with E-state index in [2.05, 4.69) is 13.5 Å². The zero-order valence-electron chi connectivity index (χ0n) is 8.05. The van der Waals surface area contributed by atoms with Crippen molar-refractivity contribution in [3.63, 3.8) is 0 Å². The molecule has 0 amide bonds. The van der Waals surface area contributed by atoms with Gasteiger partial charge in [0.25, 0.3) is 0 Å². The predicted molar refractivity (Wildman–Crippen MR) is 50.0 cm³/mol. The average Bonchev–Trinajstić information content (AvgIpc) is 2.11. The van der Waals surface area contributed by atoms with Crippen molar-refractivity contribution in [3.8, 4) is 0 Å². The lowest BCUT2D eigenvalue weighted by atomic mass is 10.2. The lowest BCUT2D eigenvalue weighted by molar-refractivity contribution is 0.0260. The highest BCUT2D eigenvalue weighted by atomic mass is 19.1. The van der Waals surface area contributed by atoms with Crippen LogP contribution in [-0.2, 0) is 4.74 Å². The first-order valence-electron chi connectivity index (χ1n) is 4.64. The summed E-state index contributed by atoms with van der Waals surface area (Å²) in [5.74, 6) is 0. The topological polar surface area (TPSA) is 9.23 Å². The molecule has 0 fully saturated rings. The molecule has 0 aromatic carbocycles. The Kier molecular flexibility index (Phi) is 7.06. The molecule has 0 radical (unpaired) electrons. The monoisotopic (exact) mass is 174 g/mol. The molecule has 0 aromatic rings. The molecule has 2 heteroatoms. The van der Waals surface area contributed by atoms with Gasteiger partial charge in [-0.05, 0) is 12.8 Å². The molecule has 1 nitrogen and oxygen atoms in total. The summed E-state index contributed by atoms with van der Waals surface area (Å²) in [5, 5.41) is 0. The fourth-order valence-electron chi connectivity index (χ4n) is 0.916. The molecule has 12 heavy (non-hydrogen) atoms. The van der Waals surface area contributed by atoms with Crippen molar-refractivity contribution >= 4 is 0 Å². The summed E-state index contributed by atoms with van der Waals surface area (Å²) in [6.45, 7) is 8.07. The SMILES string of the molecule is C=C[C@@H](OCCCC)[C@H](F)CC. The summed E-state index contributed by atoms with van der Waals surface area (Å²) < 4.78 is 18.3. The summed E-state index contributed by atoms with van der Waals surface area (Å²) >= 11 is 0. The van der Waals surface area contributed by atoms with Crippen molar-refractivity contribution in [2.24, 2.45) is 0 Å². The zero-order chi connectivity index (χ0) is 9.40. The molecular weight excluding hydrogens is 155 g/mol. The Bertz CT molecular complexity index is 114. The molecule has 0 heterocycles. The van der Waals surface area contributed by atoms with Gasteiger partial charge in [-0.3, -0.25) is 0 Å². The van der Waals surface area contributed by atoms with E-state index in [0.29, 0.717) is 13.0 Å². The molecule has 0 spiro atoms. The van der Waals surface area contributed by atoms with Crippen LogP contribution in [0.3, 0.4) is 0 Å². The molecule has 0 saturated heterocycles. The molecule has 0 N–H and O–H groups in total. The molecular formula is C10H19FO. The third-order valence-electron chi connectivity index (χ3n) is 1.79. The normalized spacial score (nSPS) is 15.6. The van der Waals surface area contributed by atoms with Crippen LogP contribution in [0.15, 0.2) is 12.7 Å². The summed E-state index contributed by atoms with van der Waals surface area (Å²) in [6.07, 6.45) is 2.78. The summed E-state index contributed by atoms with van der Waals surface area (Å²) in [6, 6.07) is 0. The zero-order valence-corrected chi connectivity index (χ0v) is 8.05. The van der Waals surface area contributed by atoms with E-state index in [1.54, 1.807) is 6.08 Å². The highest BCUT2D eigenvalue weighted by molar-refractivity contribution is 4.85. The Balaban J connectivity index is 3.59. The molecule has 0 aliphatic rings. The van der Waals surface area contributed by atoms with E-state index in [-0.39, 0.29) is 0 Å². The van der Waals surface area contributed by atoms with E-state index in [4.69, 9.17) is 4.74 Å². The minimum Gasteiger partial charge on any atom is -0.371 e. The highest BCUT2D eigenvalue weighted by Gasteiger charge is 2.15. The van der Waals surface area contributed by atoms with Crippen LogP contribution >= 0.6 is 0 Å². The van der Waals surface area contributed by atoms with Crippen LogP contribution < -0.4 is 0 Å². The minimum atomic E-state index is -0.903. The molecule has 0 aliphatic carbocycles. The van der Waals surface area contributed by atoms with Gasteiger partial charge < -0.3 is 4.74 Å². The standard InChI is InChI=1S/C10H19FO/c1-4-7-8-12-10(6-3)9(11)5-2/h6,9-10H,3-5,7-8H2,1-2H3/t9-,10-/m1/s1. The number of unbranched alkanes of at least 4 members (excludes halogenated alkanes) is 1. The van der Waals surface area contributed by atoms with Crippen molar-refractivity contribution in [3.05, 3.63) is 12.7 Å². The smallest absolute Gasteiger partial charge is 0.129 e. The molecule has 0 aromatic heterocycles. The summed E-state index contributed by atoms with van der Waals surface area (Å²) in [7, 11) is 0. The van der Waals surface area contributed by atoms with Gasteiger partial charge in [0, 0.05) is 6.61 Å². The van der Waals surface area contributed by atoms with Crippen LogP contribution in [0.5, 0.6) is 0 Å². The van der Waals surface area contributed by atoms with Gasteiger partial charge in [0.05, 0.1) is 0 Å². The van der Waals surface area contributed by atoms with Crippen LogP contribution in [0.4, 0.5) is 4.39 Å². The molecule has 0 rings (SSSR count). The third-order valence-corrected chi connectivity index (χ3v) is 1.79. The Hall–Kier alpha value is -0.370. The van der Waals surface area contributed by atoms with Gasteiger partial charge in [-0.25, -0.2) is 4.39 Å². The maximum atomic E-state index is 13.0. The number of hydrogen-bond acceptors (Lipinski definition) is 1. The van der Waals surface area contributed by atoms with Crippen LogP contribution in [0.25, 0.3) is 0 Å². The fraction of sp³-hybridized carbons (Fsp3) is 0.800. The Labute approximate surface area is 74.6 Å². The van der Waals surface area contributed by atoms with Crippen molar-refractivity contribution in [1.82, 2.24) is 0 Å². The minimum absolute atomic E-state index is 0.415. The first kappa shape index (κ1) is 11.6. The van der Waals surface area contributed by atoms with Gasteiger partial charge in [0.15, 0.2) is 0 Å². The van der Waals surface area contributed by atoms with Crippen LogP contribution in [0.1, 0.15) is 33.1 Å². The largest absolute Gasteiger partial charge is 0.371 e. The summed E-state index contributed by atoms with van der Waals surface area (Å²) in [4.78, 5) is 0.